The van der Waals surface area contributed by atoms with Crippen molar-refractivity contribution in [3.63, 3.8) is 0 Å². The number of carbonyl (C=O) groups excluding carboxylic acids is 1. The molecule has 1 N–H and O–H groups in total. The van der Waals surface area contributed by atoms with Gasteiger partial charge in [0.15, 0.2) is 11.5 Å². The molecular weight excluding hydrogens is 316 g/mol. The number of amides is 1. The highest BCUT2D eigenvalue weighted by Gasteiger charge is 2.09. The molecule has 25 heavy (non-hydrogen) atoms. The fraction of sp³-hybridized carbons (Fsp3) is 0.100. The lowest BCUT2D eigenvalue weighted by atomic mass is 10.1. The Balaban J connectivity index is 1.71. The third-order valence-electron chi connectivity index (χ3n) is 3.80. The van der Waals surface area contributed by atoms with Crippen molar-refractivity contribution >= 4 is 22.9 Å². The number of methoxy groups -OCH3 is 2. The molecule has 0 aromatic heterocycles. The normalized spacial score (nSPS) is 10.8. The predicted octanol–water partition coefficient (Wildman–Crippen LogP) is 3.62. The average Bonchev–Trinajstić information content (AvgIpc) is 2.67. The predicted molar refractivity (Wildman–Crippen MR) is 98.6 cm³/mol. The zero-order valence-electron chi connectivity index (χ0n) is 14.0. The Bertz CT molecular complexity index is 935. The van der Waals surface area contributed by atoms with Gasteiger partial charge in [-0.25, -0.2) is 5.43 Å². The first-order valence-electron chi connectivity index (χ1n) is 7.75. The Morgan fingerprint density at radius 2 is 1.68 bits per heavy atom. The summed E-state index contributed by atoms with van der Waals surface area (Å²) in [5.41, 5.74) is 3.87. The zero-order valence-corrected chi connectivity index (χ0v) is 14.0. The third-order valence-corrected chi connectivity index (χ3v) is 3.80. The number of ether oxygens (including phenoxy) is 2. The van der Waals surface area contributed by atoms with Gasteiger partial charge in [-0.3, -0.25) is 4.79 Å². The summed E-state index contributed by atoms with van der Waals surface area (Å²) >= 11 is 0. The van der Waals surface area contributed by atoms with Gasteiger partial charge in [-0.05, 0) is 40.6 Å². The van der Waals surface area contributed by atoms with Gasteiger partial charge < -0.3 is 9.47 Å². The number of benzene rings is 3. The van der Waals surface area contributed by atoms with E-state index in [2.05, 4.69) is 16.6 Å². The Labute approximate surface area is 145 Å². The number of hydrogen-bond donors (Lipinski definition) is 1. The largest absolute Gasteiger partial charge is 0.493 e. The first-order chi connectivity index (χ1) is 12.2. The summed E-state index contributed by atoms with van der Waals surface area (Å²) in [6, 6.07) is 19.0. The maximum atomic E-state index is 12.2. The number of hydrogen-bond acceptors (Lipinski definition) is 4. The summed E-state index contributed by atoms with van der Waals surface area (Å²) in [4.78, 5) is 12.2. The number of rotatable bonds is 5. The lowest BCUT2D eigenvalue weighted by Gasteiger charge is -2.08. The van der Waals surface area contributed by atoms with Crippen molar-refractivity contribution in [3.05, 3.63) is 71.8 Å². The molecule has 3 rings (SSSR count). The second-order valence-corrected chi connectivity index (χ2v) is 5.38. The summed E-state index contributed by atoms with van der Waals surface area (Å²) < 4.78 is 10.4. The van der Waals surface area contributed by atoms with E-state index >= 15 is 0 Å². The Morgan fingerprint density at radius 3 is 2.44 bits per heavy atom. The van der Waals surface area contributed by atoms with Gasteiger partial charge in [-0.1, -0.05) is 36.4 Å². The molecule has 0 bridgehead atoms. The minimum absolute atomic E-state index is 0.321. The van der Waals surface area contributed by atoms with Crippen molar-refractivity contribution in [2.24, 2.45) is 5.10 Å². The van der Waals surface area contributed by atoms with Crippen molar-refractivity contribution < 1.29 is 14.3 Å². The van der Waals surface area contributed by atoms with Crippen LogP contribution in [0.5, 0.6) is 11.5 Å². The van der Waals surface area contributed by atoms with Crippen LogP contribution in [0.2, 0.25) is 0 Å². The van der Waals surface area contributed by atoms with Gasteiger partial charge in [0.05, 0.1) is 20.4 Å². The molecule has 5 nitrogen and oxygen atoms in total. The lowest BCUT2D eigenvalue weighted by molar-refractivity contribution is 0.0954. The highest BCUT2D eigenvalue weighted by Crippen LogP contribution is 2.27. The van der Waals surface area contributed by atoms with Crippen molar-refractivity contribution in [2.75, 3.05) is 14.2 Å². The van der Waals surface area contributed by atoms with Gasteiger partial charge in [0.1, 0.15) is 0 Å². The summed E-state index contributed by atoms with van der Waals surface area (Å²) in [7, 11) is 3.07. The number of nitrogens with zero attached hydrogens (tertiary/aromatic N) is 1. The van der Waals surface area contributed by atoms with E-state index in [-0.39, 0.29) is 5.91 Å². The Hall–Kier alpha value is -3.34. The molecule has 0 aliphatic carbocycles. The fourth-order valence-electron chi connectivity index (χ4n) is 2.50. The van der Waals surface area contributed by atoms with Crippen LogP contribution in [-0.2, 0) is 0 Å². The van der Waals surface area contributed by atoms with Crippen molar-refractivity contribution in [2.45, 2.75) is 0 Å². The van der Waals surface area contributed by atoms with E-state index in [1.165, 1.54) is 7.11 Å². The molecule has 3 aromatic rings. The summed E-state index contributed by atoms with van der Waals surface area (Å²) in [6.07, 6.45) is 1.62. The topological polar surface area (TPSA) is 59.9 Å². The molecule has 1 amide bonds. The van der Waals surface area contributed by atoms with Crippen LogP contribution in [0.1, 0.15) is 15.9 Å². The molecule has 0 unspecified atom stereocenters. The van der Waals surface area contributed by atoms with Crippen LogP contribution in [0, 0.1) is 0 Å². The molecule has 0 saturated carbocycles. The van der Waals surface area contributed by atoms with E-state index in [1.54, 1.807) is 31.5 Å². The molecule has 3 aromatic carbocycles. The minimum atomic E-state index is -0.321. The second-order valence-electron chi connectivity index (χ2n) is 5.38. The number of carbonyl (C=O) groups is 1. The maximum absolute atomic E-state index is 12.2. The summed E-state index contributed by atoms with van der Waals surface area (Å²) in [5.74, 6) is 0.741. The van der Waals surface area contributed by atoms with E-state index in [0.29, 0.717) is 17.1 Å². The van der Waals surface area contributed by atoms with Crippen LogP contribution in [0.15, 0.2) is 65.8 Å². The summed E-state index contributed by atoms with van der Waals surface area (Å²) in [6.45, 7) is 0. The molecular formula is C20H18N2O3. The van der Waals surface area contributed by atoms with Crippen LogP contribution in [0.4, 0.5) is 0 Å². The van der Waals surface area contributed by atoms with Gasteiger partial charge in [-0.15, -0.1) is 0 Å². The number of nitrogens with one attached hydrogen (secondary N) is 1. The van der Waals surface area contributed by atoms with Crippen LogP contribution >= 0.6 is 0 Å². The maximum Gasteiger partial charge on any atom is 0.271 e. The molecule has 0 radical (unpaired) electrons. The smallest absolute Gasteiger partial charge is 0.271 e. The zero-order chi connectivity index (χ0) is 17.6. The van der Waals surface area contributed by atoms with Crippen LogP contribution in [0.3, 0.4) is 0 Å². The monoisotopic (exact) mass is 334 g/mol. The number of fused-ring (bicyclic) bond motifs is 1. The first-order valence-corrected chi connectivity index (χ1v) is 7.75. The average molecular weight is 334 g/mol. The SMILES string of the molecule is COc1ccc(C(=O)N/N=C\c2ccc3ccccc3c2)cc1OC. The number of hydrazone groups is 1. The van der Waals surface area contributed by atoms with Crippen molar-refractivity contribution in [3.8, 4) is 11.5 Å². The molecule has 0 aliphatic heterocycles. The standard InChI is InChI=1S/C20H18N2O3/c1-24-18-10-9-17(12-19(18)25-2)20(23)22-21-13-14-7-8-15-5-3-4-6-16(15)11-14/h3-13H,1-2H3,(H,22,23)/b21-13-. The third kappa shape index (κ3) is 3.77. The van der Waals surface area contributed by atoms with Crippen LogP contribution < -0.4 is 14.9 Å². The van der Waals surface area contributed by atoms with Gasteiger partial charge in [-0.2, -0.15) is 5.10 Å². The molecule has 126 valence electrons. The van der Waals surface area contributed by atoms with Gasteiger partial charge in [0.2, 0.25) is 0 Å². The van der Waals surface area contributed by atoms with E-state index in [4.69, 9.17) is 9.47 Å². The highest BCUT2D eigenvalue weighted by atomic mass is 16.5. The van der Waals surface area contributed by atoms with E-state index in [0.717, 1.165) is 16.3 Å². The lowest BCUT2D eigenvalue weighted by Crippen LogP contribution is -2.17. The van der Waals surface area contributed by atoms with Crippen LogP contribution in [0.25, 0.3) is 10.8 Å². The fourth-order valence-corrected chi connectivity index (χ4v) is 2.50. The van der Waals surface area contributed by atoms with Crippen molar-refractivity contribution in [1.29, 1.82) is 0 Å². The van der Waals surface area contributed by atoms with Crippen molar-refractivity contribution in [1.82, 2.24) is 5.43 Å². The quantitative estimate of drug-likeness (QED) is 0.573. The second kappa shape index (κ2) is 7.49. The molecule has 0 spiro atoms. The molecule has 0 heterocycles. The van der Waals surface area contributed by atoms with E-state index < -0.39 is 0 Å². The van der Waals surface area contributed by atoms with E-state index in [9.17, 15) is 4.79 Å². The molecule has 0 saturated heterocycles. The van der Waals surface area contributed by atoms with Gasteiger partial charge >= 0.3 is 0 Å². The van der Waals surface area contributed by atoms with Gasteiger partial charge in [0.25, 0.3) is 5.91 Å². The molecule has 0 aliphatic rings. The Kier molecular flexibility index (Phi) is 4.95. The summed E-state index contributed by atoms with van der Waals surface area (Å²) in [5, 5.41) is 6.31. The molecule has 5 heteroatoms. The van der Waals surface area contributed by atoms with Crippen LogP contribution in [-0.4, -0.2) is 26.3 Å². The van der Waals surface area contributed by atoms with Gasteiger partial charge in [0, 0.05) is 5.56 Å². The molecule has 0 atom stereocenters. The highest BCUT2D eigenvalue weighted by molar-refractivity contribution is 5.96. The molecule has 0 fully saturated rings. The van der Waals surface area contributed by atoms with E-state index in [1.807, 2.05) is 36.4 Å². The first kappa shape index (κ1) is 16.5. The Morgan fingerprint density at radius 1 is 0.920 bits per heavy atom. The minimum Gasteiger partial charge on any atom is -0.493 e.